The molecule has 0 heterocycles. The summed E-state index contributed by atoms with van der Waals surface area (Å²) in [5, 5.41) is 2.55. The summed E-state index contributed by atoms with van der Waals surface area (Å²) >= 11 is 5.83. The average molecular weight is 498 g/mol. The van der Waals surface area contributed by atoms with Crippen LogP contribution in [0.4, 0.5) is 10.1 Å². The van der Waals surface area contributed by atoms with Crippen LogP contribution in [0.2, 0.25) is 5.02 Å². The van der Waals surface area contributed by atoms with E-state index >= 15 is 0 Å². The first-order valence-corrected chi connectivity index (χ1v) is 12.8. The minimum absolute atomic E-state index is 0.0559. The molecule has 0 aromatic heterocycles. The van der Waals surface area contributed by atoms with Crippen molar-refractivity contribution in [3.8, 4) is 0 Å². The lowest BCUT2D eigenvalue weighted by Gasteiger charge is -2.33. The molecule has 2 amide bonds. The van der Waals surface area contributed by atoms with Gasteiger partial charge in [-0.25, -0.2) is 12.8 Å². The zero-order chi connectivity index (χ0) is 24.6. The van der Waals surface area contributed by atoms with Crippen molar-refractivity contribution in [3.05, 3.63) is 64.9 Å². The number of carbonyl (C=O) groups excluding carboxylic acids is 2. The first-order valence-electron chi connectivity index (χ1n) is 10.6. The Morgan fingerprint density at radius 3 is 2.33 bits per heavy atom. The summed E-state index contributed by atoms with van der Waals surface area (Å²) < 4.78 is 39.5. The Labute approximate surface area is 199 Å². The van der Waals surface area contributed by atoms with Crippen molar-refractivity contribution >= 4 is 39.1 Å². The third-order valence-electron chi connectivity index (χ3n) is 5.00. The van der Waals surface area contributed by atoms with Crippen LogP contribution in [-0.2, 0) is 26.2 Å². The lowest BCUT2D eigenvalue weighted by molar-refractivity contribution is -0.140. The van der Waals surface area contributed by atoms with E-state index in [4.69, 9.17) is 11.6 Å². The van der Waals surface area contributed by atoms with E-state index in [0.29, 0.717) is 13.0 Å². The monoisotopic (exact) mass is 497 g/mol. The van der Waals surface area contributed by atoms with E-state index in [1.165, 1.54) is 11.0 Å². The quantitative estimate of drug-likeness (QED) is 0.514. The van der Waals surface area contributed by atoms with Gasteiger partial charge < -0.3 is 10.2 Å². The van der Waals surface area contributed by atoms with Gasteiger partial charge in [0, 0.05) is 13.1 Å². The van der Waals surface area contributed by atoms with Gasteiger partial charge in [0.15, 0.2) is 0 Å². The number of carbonyl (C=O) groups is 2. The Bertz CT molecular complexity index is 1070. The number of anilines is 1. The molecule has 0 saturated carbocycles. The number of benzene rings is 2. The number of rotatable bonds is 11. The molecule has 1 atom stereocenters. The molecule has 0 saturated heterocycles. The van der Waals surface area contributed by atoms with Crippen molar-refractivity contribution in [1.82, 2.24) is 10.2 Å². The molecule has 0 aliphatic heterocycles. The van der Waals surface area contributed by atoms with E-state index in [0.717, 1.165) is 34.7 Å². The zero-order valence-electron chi connectivity index (χ0n) is 18.9. The van der Waals surface area contributed by atoms with Crippen LogP contribution in [-0.4, -0.2) is 50.5 Å². The molecule has 180 valence electrons. The maximum atomic E-state index is 13.6. The maximum absolute atomic E-state index is 13.6. The molecule has 1 unspecified atom stereocenters. The lowest BCUT2D eigenvalue weighted by Crippen LogP contribution is -2.52. The van der Waals surface area contributed by atoms with Crippen LogP contribution in [0.25, 0.3) is 0 Å². The normalized spacial score (nSPS) is 12.2. The second-order valence-electron chi connectivity index (χ2n) is 7.59. The van der Waals surface area contributed by atoms with Crippen LogP contribution in [0.1, 0.15) is 32.3 Å². The van der Waals surface area contributed by atoms with Gasteiger partial charge in [0.05, 0.1) is 17.0 Å². The third kappa shape index (κ3) is 7.43. The van der Waals surface area contributed by atoms with Crippen molar-refractivity contribution in [2.45, 2.75) is 39.3 Å². The van der Waals surface area contributed by atoms with Gasteiger partial charge in [-0.3, -0.25) is 13.9 Å². The highest BCUT2D eigenvalue weighted by Crippen LogP contribution is 2.25. The highest BCUT2D eigenvalue weighted by molar-refractivity contribution is 7.92. The number of halogens is 2. The summed E-state index contributed by atoms with van der Waals surface area (Å²) in [5.74, 6) is -1.58. The van der Waals surface area contributed by atoms with Gasteiger partial charge in [0.25, 0.3) is 0 Å². The van der Waals surface area contributed by atoms with Crippen LogP contribution in [0.3, 0.4) is 0 Å². The summed E-state index contributed by atoms with van der Waals surface area (Å²) in [5.41, 5.74) is 0.851. The smallest absolute Gasteiger partial charge is 0.244 e. The molecule has 2 aromatic carbocycles. The van der Waals surface area contributed by atoms with Crippen molar-refractivity contribution in [3.63, 3.8) is 0 Å². The zero-order valence-corrected chi connectivity index (χ0v) is 20.5. The van der Waals surface area contributed by atoms with E-state index in [2.05, 4.69) is 5.32 Å². The van der Waals surface area contributed by atoms with E-state index in [1.54, 1.807) is 6.92 Å². The van der Waals surface area contributed by atoms with Crippen molar-refractivity contribution < 1.29 is 22.4 Å². The first-order chi connectivity index (χ1) is 15.6. The third-order valence-corrected chi connectivity index (χ3v) is 6.43. The molecule has 7 nitrogen and oxygen atoms in total. The molecular formula is C23H29ClFN3O4S. The average Bonchev–Trinajstić information content (AvgIpc) is 2.77. The van der Waals surface area contributed by atoms with Gasteiger partial charge in [0.2, 0.25) is 21.8 Å². The molecule has 10 heteroatoms. The summed E-state index contributed by atoms with van der Waals surface area (Å²) in [6.45, 7) is 3.73. The van der Waals surface area contributed by atoms with E-state index in [1.807, 2.05) is 37.3 Å². The molecule has 2 aromatic rings. The van der Waals surface area contributed by atoms with E-state index in [9.17, 15) is 22.4 Å². The van der Waals surface area contributed by atoms with Gasteiger partial charge in [-0.05, 0) is 36.6 Å². The van der Waals surface area contributed by atoms with Crippen LogP contribution in [0.15, 0.2) is 48.5 Å². The molecule has 2 rings (SSSR count). The standard InChI is InChI=1S/C23H29ClFN3O4S/c1-4-13-26-23(30)21(5-2)27(15-17-9-7-6-8-10-17)22(29)16-28(33(3,31)32)18-11-12-20(25)19(24)14-18/h6-12,14,21H,4-5,13,15-16H2,1-3H3,(H,26,30). The Hall–Kier alpha value is -2.65. The minimum atomic E-state index is -3.91. The van der Waals surface area contributed by atoms with Gasteiger partial charge in [0.1, 0.15) is 18.4 Å². The predicted molar refractivity (Wildman–Crippen MR) is 128 cm³/mol. The van der Waals surface area contributed by atoms with Gasteiger partial charge in [-0.2, -0.15) is 0 Å². The largest absolute Gasteiger partial charge is 0.354 e. The fraction of sp³-hybridized carbons (Fsp3) is 0.391. The molecule has 0 radical (unpaired) electrons. The highest BCUT2D eigenvalue weighted by Gasteiger charge is 2.31. The van der Waals surface area contributed by atoms with Gasteiger partial charge >= 0.3 is 0 Å². The summed E-state index contributed by atoms with van der Waals surface area (Å²) in [4.78, 5) is 27.6. The molecule has 1 N–H and O–H groups in total. The number of hydrogen-bond donors (Lipinski definition) is 1. The Kier molecular flexibility index (Phi) is 9.67. The number of nitrogens with one attached hydrogen (secondary N) is 1. The molecule has 0 fully saturated rings. The highest BCUT2D eigenvalue weighted by atomic mass is 35.5. The lowest BCUT2D eigenvalue weighted by atomic mass is 10.1. The number of sulfonamides is 1. The fourth-order valence-electron chi connectivity index (χ4n) is 3.32. The van der Waals surface area contributed by atoms with E-state index in [-0.39, 0.29) is 23.2 Å². The van der Waals surface area contributed by atoms with Crippen LogP contribution in [0.5, 0.6) is 0 Å². The molecule has 0 aliphatic rings. The Morgan fingerprint density at radius 1 is 1.12 bits per heavy atom. The number of nitrogens with zero attached hydrogens (tertiary/aromatic N) is 2. The second kappa shape index (κ2) is 12.0. The Morgan fingerprint density at radius 2 is 1.79 bits per heavy atom. The fourth-order valence-corrected chi connectivity index (χ4v) is 4.34. The topological polar surface area (TPSA) is 86.8 Å². The first kappa shape index (κ1) is 26.6. The number of amides is 2. The van der Waals surface area contributed by atoms with Gasteiger partial charge in [-0.15, -0.1) is 0 Å². The Balaban J connectivity index is 2.41. The molecule has 0 aliphatic carbocycles. The van der Waals surface area contributed by atoms with Crippen LogP contribution >= 0.6 is 11.6 Å². The maximum Gasteiger partial charge on any atom is 0.244 e. The molecule has 0 bridgehead atoms. The predicted octanol–water partition coefficient (Wildman–Crippen LogP) is 3.58. The molecule has 0 spiro atoms. The number of hydrogen-bond acceptors (Lipinski definition) is 4. The minimum Gasteiger partial charge on any atom is -0.354 e. The van der Waals surface area contributed by atoms with Crippen molar-refractivity contribution in [2.24, 2.45) is 0 Å². The second-order valence-corrected chi connectivity index (χ2v) is 9.90. The van der Waals surface area contributed by atoms with Gasteiger partial charge in [-0.1, -0.05) is 55.8 Å². The van der Waals surface area contributed by atoms with E-state index < -0.39 is 34.3 Å². The summed E-state index contributed by atoms with van der Waals surface area (Å²) in [6.07, 6.45) is 2.03. The SMILES string of the molecule is CCCNC(=O)C(CC)N(Cc1ccccc1)C(=O)CN(c1ccc(F)c(Cl)c1)S(C)(=O)=O. The molecular weight excluding hydrogens is 469 g/mol. The summed E-state index contributed by atoms with van der Waals surface area (Å²) in [6, 6.07) is 11.8. The van der Waals surface area contributed by atoms with Crippen LogP contribution in [0, 0.1) is 5.82 Å². The van der Waals surface area contributed by atoms with Crippen molar-refractivity contribution in [2.75, 3.05) is 23.7 Å². The van der Waals surface area contributed by atoms with Crippen LogP contribution < -0.4 is 9.62 Å². The van der Waals surface area contributed by atoms with Crippen molar-refractivity contribution in [1.29, 1.82) is 0 Å². The summed E-state index contributed by atoms with van der Waals surface area (Å²) in [7, 11) is -3.91. The molecule has 33 heavy (non-hydrogen) atoms.